The zero-order chi connectivity index (χ0) is 11.8. The summed E-state index contributed by atoms with van der Waals surface area (Å²) < 4.78 is 11.8. The summed E-state index contributed by atoms with van der Waals surface area (Å²) in [5.41, 5.74) is 3.25. The zero-order valence-electron chi connectivity index (χ0n) is 10.8. The van der Waals surface area contributed by atoms with Gasteiger partial charge in [0.25, 0.3) is 0 Å². The second-order valence-electron chi connectivity index (χ2n) is 7.22. The third-order valence-corrected chi connectivity index (χ3v) is 5.27. The Labute approximate surface area is 102 Å². The molecule has 0 spiro atoms. The smallest absolute Gasteiger partial charge is 0.0963 e. The standard InChI is InChI=1S/C15H20O2/c1-14(2)5-10-12(6-14)15(3)4-9-7-16-8-11(9)13(10)17-15/h7-8,10,12-13H,4-6H2,1-3H3. The predicted octanol–water partition coefficient (Wildman–Crippen LogP) is 3.72. The molecule has 1 saturated carbocycles. The van der Waals surface area contributed by atoms with Gasteiger partial charge in [0.15, 0.2) is 0 Å². The molecule has 1 aromatic heterocycles. The fraction of sp³-hybridized carbons (Fsp3) is 0.733. The maximum absolute atomic E-state index is 6.37. The summed E-state index contributed by atoms with van der Waals surface area (Å²) in [6.45, 7) is 7.11. The second kappa shape index (κ2) is 2.80. The fourth-order valence-electron chi connectivity index (χ4n) is 4.63. The first-order chi connectivity index (χ1) is 7.99. The maximum Gasteiger partial charge on any atom is 0.0963 e. The van der Waals surface area contributed by atoms with E-state index in [1.807, 2.05) is 12.5 Å². The normalized spacial score (nSPS) is 45.7. The molecule has 92 valence electrons. The molecule has 0 N–H and O–H groups in total. The number of hydrogen-bond acceptors (Lipinski definition) is 2. The molecule has 0 amide bonds. The highest BCUT2D eigenvalue weighted by molar-refractivity contribution is 5.33. The Hall–Kier alpha value is -0.760. The molecule has 1 aromatic rings. The lowest BCUT2D eigenvalue weighted by Gasteiger charge is -2.35. The first kappa shape index (κ1) is 10.2. The van der Waals surface area contributed by atoms with E-state index in [-0.39, 0.29) is 5.60 Å². The van der Waals surface area contributed by atoms with Gasteiger partial charge in [0.2, 0.25) is 0 Å². The summed E-state index contributed by atoms with van der Waals surface area (Å²) in [4.78, 5) is 0. The van der Waals surface area contributed by atoms with E-state index in [0.29, 0.717) is 17.4 Å². The SMILES string of the molecule is CC1(C)CC2C3OC(C)(Cc4cocc43)C2C1. The van der Waals surface area contributed by atoms with Gasteiger partial charge in [-0.05, 0) is 42.6 Å². The van der Waals surface area contributed by atoms with Crippen LogP contribution in [0.5, 0.6) is 0 Å². The number of ether oxygens (including phenoxy) is 1. The monoisotopic (exact) mass is 232 g/mol. The van der Waals surface area contributed by atoms with E-state index in [1.165, 1.54) is 24.0 Å². The molecule has 4 unspecified atom stereocenters. The van der Waals surface area contributed by atoms with Gasteiger partial charge in [-0.25, -0.2) is 0 Å². The lowest BCUT2D eigenvalue weighted by molar-refractivity contribution is -0.0683. The van der Waals surface area contributed by atoms with Crippen molar-refractivity contribution in [3.05, 3.63) is 23.7 Å². The van der Waals surface area contributed by atoms with Crippen LogP contribution in [0.2, 0.25) is 0 Å². The predicted molar refractivity (Wildman–Crippen MR) is 64.6 cm³/mol. The van der Waals surface area contributed by atoms with E-state index in [0.717, 1.165) is 12.3 Å². The van der Waals surface area contributed by atoms with Crippen molar-refractivity contribution in [2.45, 2.75) is 51.7 Å². The van der Waals surface area contributed by atoms with Crippen molar-refractivity contribution in [3.63, 3.8) is 0 Å². The molecule has 17 heavy (non-hydrogen) atoms. The number of fused-ring (bicyclic) bond motifs is 7. The van der Waals surface area contributed by atoms with Crippen LogP contribution in [0, 0.1) is 17.3 Å². The molecule has 1 aliphatic carbocycles. The van der Waals surface area contributed by atoms with Gasteiger partial charge < -0.3 is 9.15 Å². The molecule has 3 heterocycles. The van der Waals surface area contributed by atoms with Crippen LogP contribution in [-0.2, 0) is 11.2 Å². The van der Waals surface area contributed by atoms with Gasteiger partial charge in [-0.3, -0.25) is 0 Å². The largest absolute Gasteiger partial charge is 0.472 e. The van der Waals surface area contributed by atoms with Crippen molar-refractivity contribution in [2.24, 2.45) is 17.3 Å². The topological polar surface area (TPSA) is 22.4 Å². The highest BCUT2D eigenvalue weighted by Gasteiger charge is 2.60. The molecule has 2 fully saturated rings. The van der Waals surface area contributed by atoms with Crippen LogP contribution in [0.25, 0.3) is 0 Å². The van der Waals surface area contributed by atoms with E-state index in [2.05, 4.69) is 20.8 Å². The minimum Gasteiger partial charge on any atom is -0.472 e. The summed E-state index contributed by atoms with van der Waals surface area (Å²) in [7, 11) is 0. The Morgan fingerprint density at radius 2 is 2.00 bits per heavy atom. The van der Waals surface area contributed by atoms with Crippen LogP contribution < -0.4 is 0 Å². The Balaban J connectivity index is 1.82. The maximum atomic E-state index is 6.37. The van der Waals surface area contributed by atoms with Gasteiger partial charge in [0.05, 0.1) is 24.2 Å². The average Bonchev–Trinajstić information content (AvgIpc) is 2.84. The van der Waals surface area contributed by atoms with Gasteiger partial charge in [0.1, 0.15) is 0 Å². The van der Waals surface area contributed by atoms with Crippen LogP contribution in [-0.4, -0.2) is 5.60 Å². The van der Waals surface area contributed by atoms with Crippen LogP contribution in [0.1, 0.15) is 50.8 Å². The van der Waals surface area contributed by atoms with Crippen LogP contribution in [0.15, 0.2) is 16.9 Å². The summed E-state index contributed by atoms with van der Waals surface area (Å²) in [5, 5.41) is 0. The fourth-order valence-corrected chi connectivity index (χ4v) is 4.63. The summed E-state index contributed by atoms with van der Waals surface area (Å²) >= 11 is 0. The van der Waals surface area contributed by atoms with Crippen molar-refractivity contribution in [1.29, 1.82) is 0 Å². The van der Waals surface area contributed by atoms with Crippen LogP contribution in [0.4, 0.5) is 0 Å². The first-order valence-corrected chi connectivity index (χ1v) is 6.71. The van der Waals surface area contributed by atoms with Crippen molar-refractivity contribution in [1.82, 2.24) is 0 Å². The third-order valence-electron chi connectivity index (χ3n) is 5.27. The second-order valence-corrected chi connectivity index (χ2v) is 7.22. The summed E-state index contributed by atoms with van der Waals surface area (Å²) in [6, 6.07) is 0. The van der Waals surface area contributed by atoms with E-state index in [1.54, 1.807) is 0 Å². The van der Waals surface area contributed by atoms with Gasteiger partial charge in [-0.1, -0.05) is 13.8 Å². The molecule has 4 rings (SSSR count). The first-order valence-electron chi connectivity index (χ1n) is 6.71. The third kappa shape index (κ3) is 1.20. The van der Waals surface area contributed by atoms with E-state index >= 15 is 0 Å². The Morgan fingerprint density at radius 3 is 2.82 bits per heavy atom. The molecule has 4 atom stereocenters. The molecular weight excluding hydrogens is 212 g/mol. The summed E-state index contributed by atoms with van der Waals surface area (Å²) in [5.74, 6) is 1.43. The van der Waals surface area contributed by atoms with E-state index in [9.17, 15) is 0 Å². The molecule has 2 bridgehead atoms. The molecular formula is C15H20O2. The Morgan fingerprint density at radius 1 is 1.18 bits per heavy atom. The Bertz CT molecular complexity index is 473. The van der Waals surface area contributed by atoms with Gasteiger partial charge in [-0.2, -0.15) is 0 Å². The van der Waals surface area contributed by atoms with Crippen molar-refractivity contribution in [3.8, 4) is 0 Å². The van der Waals surface area contributed by atoms with Crippen LogP contribution in [0.3, 0.4) is 0 Å². The number of furan rings is 1. The van der Waals surface area contributed by atoms with Gasteiger partial charge in [0, 0.05) is 12.0 Å². The molecule has 3 aliphatic rings. The molecule has 0 aromatic carbocycles. The van der Waals surface area contributed by atoms with E-state index < -0.39 is 0 Å². The zero-order valence-corrected chi connectivity index (χ0v) is 10.8. The molecule has 2 aliphatic heterocycles. The van der Waals surface area contributed by atoms with Crippen molar-refractivity contribution < 1.29 is 9.15 Å². The lowest BCUT2D eigenvalue weighted by Crippen LogP contribution is -2.36. The van der Waals surface area contributed by atoms with Gasteiger partial charge in [-0.15, -0.1) is 0 Å². The quantitative estimate of drug-likeness (QED) is 0.680. The number of hydrogen-bond donors (Lipinski definition) is 0. The van der Waals surface area contributed by atoms with E-state index in [4.69, 9.17) is 9.15 Å². The number of rotatable bonds is 0. The lowest BCUT2D eigenvalue weighted by atomic mass is 9.80. The molecule has 0 radical (unpaired) electrons. The summed E-state index contributed by atoms with van der Waals surface area (Å²) in [6.07, 6.45) is 7.78. The van der Waals surface area contributed by atoms with Gasteiger partial charge >= 0.3 is 0 Å². The average molecular weight is 232 g/mol. The minimum absolute atomic E-state index is 0.0555. The highest BCUT2D eigenvalue weighted by atomic mass is 16.5. The highest BCUT2D eigenvalue weighted by Crippen LogP contribution is 2.64. The van der Waals surface area contributed by atoms with Crippen molar-refractivity contribution in [2.75, 3.05) is 0 Å². The minimum atomic E-state index is 0.0555. The van der Waals surface area contributed by atoms with Crippen LogP contribution >= 0.6 is 0 Å². The molecule has 1 saturated heterocycles. The Kier molecular flexibility index (Phi) is 1.68. The molecule has 2 heteroatoms. The molecule has 2 nitrogen and oxygen atoms in total. The van der Waals surface area contributed by atoms with Crippen molar-refractivity contribution >= 4 is 0 Å².